The van der Waals surface area contributed by atoms with E-state index in [1.165, 1.54) is 44.2 Å². The van der Waals surface area contributed by atoms with E-state index in [0.29, 0.717) is 29.0 Å². The fraction of sp³-hybridized carbons (Fsp3) is 0.444. The molecule has 11 heteroatoms. The van der Waals surface area contributed by atoms with E-state index in [2.05, 4.69) is 26.7 Å². The first-order chi connectivity index (χ1) is 18.0. The van der Waals surface area contributed by atoms with Crippen LogP contribution >= 0.6 is 11.3 Å². The molecule has 1 aliphatic carbocycles. The molecular weight excluding hydrogens is 541 g/mol. The van der Waals surface area contributed by atoms with Crippen molar-refractivity contribution in [2.45, 2.75) is 81.0 Å². The second-order valence-corrected chi connectivity index (χ2v) is 14.7. The van der Waals surface area contributed by atoms with Crippen molar-refractivity contribution in [2.24, 2.45) is 5.92 Å². The molecule has 1 aliphatic rings. The first-order valence-corrected chi connectivity index (χ1v) is 16.7. The summed E-state index contributed by atoms with van der Waals surface area (Å²) in [6, 6.07) is 13.6. The van der Waals surface area contributed by atoms with Crippen LogP contribution in [0, 0.1) is 19.8 Å². The molecule has 0 bridgehead atoms. The van der Waals surface area contributed by atoms with Gasteiger partial charge in [-0.25, -0.2) is 21.8 Å². The van der Waals surface area contributed by atoms with Crippen LogP contribution in [0.25, 0.3) is 0 Å². The molecule has 0 radical (unpaired) electrons. The first-order valence-electron chi connectivity index (χ1n) is 12.9. The molecule has 4 rings (SSSR count). The number of benzene rings is 2. The average molecular weight is 577 g/mol. The van der Waals surface area contributed by atoms with Gasteiger partial charge >= 0.3 is 0 Å². The van der Waals surface area contributed by atoms with Crippen LogP contribution in [0.4, 0.5) is 11.4 Å². The summed E-state index contributed by atoms with van der Waals surface area (Å²) >= 11 is 1.04. The number of nitrogens with zero attached hydrogens (tertiary/aromatic N) is 1. The summed E-state index contributed by atoms with van der Waals surface area (Å²) in [5.74, 6) is 0.748. The average Bonchev–Trinajstić information content (AvgIpc) is 3.22. The third-order valence-corrected chi connectivity index (χ3v) is 11.3. The highest BCUT2D eigenvalue weighted by Gasteiger charge is 2.26. The SMILES string of the molecule is Cc1nc(C)c(S(=O)(=O)Nc2ccccc2S(=O)(=O)Nc2ccccc2CN[C@@H](C)CC2CCCCC2)s1. The van der Waals surface area contributed by atoms with Crippen molar-refractivity contribution in [1.82, 2.24) is 10.3 Å². The van der Waals surface area contributed by atoms with Gasteiger partial charge in [-0.1, -0.05) is 62.4 Å². The van der Waals surface area contributed by atoms with Crippen molar-refractivity contribution >= 4 is 42.8 Å². The van der Waals surface area contributed by atoms with Gasteiger partial charge in [0.1, 0.15) is 4.90 Å². The molecule has 1 atom stereocenters. The lowest BCUT2D eigenvalue weighted by molar-refractivity contribution is 0.305. The zero-order chi connectivity index (χ0) is 27.3. The Balaban J connectivity index is 1.50. The Labute approximate surface area is 230 Å². The number of hydrogen-bond acceptors (Lipinski definition) is 7. The van der Waals surface area contributed by atoms with Gasteiger partial charge in [-0.15, -0.1) is 11.3 Å². The van der Waals surface area contributed by atoms with E-state index < -0.39 is 20.0 Å². The normalized spacial score (nSPS) is 15.8. The Kier molecular flexibility index (Phi) is 9.12. The van der Waals surface area contributed by atoms with E-state index in [-0.39, 0.29) is 14.8 Å². The van der Waals surface area contributed by atoms with E-state index in [4.69, 9.17) is 0 Å². The van der Waals surface area contributed by atoms with E-state index in [1.807, 2.05) is 12.1 Å². The molecule has 1 fully saturated rings. The maximum absolute atomic E-state index is 13.5. The van der Waals surface area contributed by atoms with Gasteiger partial charge in [-0.05, 0) is 56.9 Å². The molecule has 0 spiro atoms. The zero-order valence-corrected chi connectivity index (χ0v) is 24.5. The molecule has 206 valence electrons. The lowest BCUT2D eigenvalue weighted by Gasteiger charge is -2.25. The molecular formula is C27H36N4O4S3. The fourth-order valence-corrected chi connectivity index (χ4v) is 8.90. The van der Waals surface area contributed by atoms with Crippen LogP contribution in [0.5, 0.6) is 0 Å². The van der Waals surface area contributed by atoms with E-state index in [0.717, 1.165) is 29.2 Å². The molecule has 38 heavy (non-hydrogen) atoms. The minimum atomic E-state index is -4.10. The van der Waals surface area contributed by atoms with Crippen LogP contribution in [0.3, 0.4) is 0 Å². The highest BCUT2D eigenvalue weighted by atomic mass is 32.2. The Bertz CT molecular complexity index is 1460. The zero-order valence-electron chi connectivity index (χ0n) is 22.0. The quantitative estimate of drug-likeness (QED) is 0.265. The Morgan fingerprint density at radius 1 is 0.895 bits per heavy atom. The van der Waals surface area contributed by atoms with Gasteiger partial charge in [0, 0.05) is 12.6 Å². The maximum atomic E-state index is 13.5. The number of hydrogen-bond donors (Lipinski definition) is 3. The molecule has 1 aromatic heterocycles. The molecule has 0 unspecified atom stereocenters. The van der Waals surface area contributed by atoms with Crippen molar-refractivity contribution in [2.75, 3.05) is 9.44 Å². The second-order valence-electron chi connectivity index (χ2n) is 9.99. The summed E-state index contributed by atoms with van der Waals surface area (Å²) in [6.07, 6.45) is 7.63. The van der Waals surface area contributed by atoms with E-state index >= 15 is 0 Å². The van der Waals surface area contributed by atoms with Gasteiger partial charge in [-0.2, -0.15) is 0 Å². The second kappa shape index (κ2) is 12.1. The molecule has 2 aromatic carbocycles. The monoisotopic (exact) mass is 576 g/mol. The molecule has 3 aromatic rings. The summed E-state index contributed by atoms with van der Waals surface area (Å²) < 4.78 is 58.3. The maximum Gasteiger partial charge on any atom is 0.273 e. The highest BCUT2D eigenvalue weighted by molar-refractivity contribution is 7.95. The minimum absolute atomic E-state index is 0.0258. The molecule has 3 N–H and O–H groups in total. The molecule has 1 heterocycles. The van der Waals surface area contributed by atoms with Crippen molar-refractivity contribution in [3.8, 4) is 0 Å². The highest BCUT2D eigenvalue weighted by Crippen LogP contribution is 2.30. The number of aromatic nitrogens is 1. The van der Waals surface area contributed by atoms with E-state index in [9.17, 15) is 16.8 Å². The number of para-hydroxylation sites is 2. The molecule has 0 saturated heterocycles. The summed E-state index contributed by atoms with van der Waals surface area (Å²) in [7, 11) is -8.12. The number of anilines is 2. The number of nitrogens with one attached hydrogen (secondary N) is 3. The van der Waals surface area contributed by atoms with Gasteiger partial charge < -0.3 is 5.32 Å². The van der Waals surface area contributed by atoms with Crippen LogP contribution in [-0.2, 0) is 26.6 Å². The van der Waals surface area contributed by atoms with Gasteiger partial charge in [0.2, 0.25) is 0 Å². The minimum Gasteiger partial charge on any atom is -0.310 e. The summed E-state index contributed by atoms with van der Waals surface area (Å²) in [4.78, 5) is 4.02. The molecule has 8 nitrogen and oxygen atoms in total. The van der Waals surface area contributed by atoms with E-state index in [1.54, 1.807) is 38.1 Å². The van der Waals surface area contributed by atoms with Crippen molar-refractivity contribution < 1.29 is 16.8 Å². The van der Waals surface area contributed by atoms with Crippen molar-refractivity contribution in [1.29, 1.82) is 0 Å². The summed E-state index contributed by atoms with van der Waals surface area (Å²) in [5.41, 5.74) is 1.62. The first kappa shape index (κ1) is 28.5. The number of aryl methyl sites for hydroxylation is 2. The van der Waals surface area contributed by atoms with Crippen LogP contribution in [0.2, 0.25) is 0 Å². The Morgan fingerprint density at radius 3 is 2.21 bits per heavy atom. The number of sulfonamides is 2. The predicted molar refractivity (Wildman–Crippen MR) is 154 cm³/mol. The van der Waals surface area contributed by atoms with Gasteiger partial charge in [0.25, 0.3) is 20.0 Å². The Morgan fingerprint density at radius 2 is 1.53 bits per heavy atom. The largest absolute Gasteiger partial charge is 0.310 e. The summed E-state index contributed by atoms with van der Waals surface area (Å²) in [5, 5.41) is 4.16. The molecule has 0 amide bonds. The van der Waals surface area contributed by atoms with Crippen LogP contribution in [0.1, 0.15) is 61.7 Å². The topological polar surface area (TPSA) is 117 Å². The smallest absolute Gasteiger partial charge is 0.273 e. The van der Waals surface area contributed by atoms with Crippen molar-refractivity contribution in [3.63, 3.8) is 0 Å². The van der Waals surface area contributed by atoms with Crippen LogP contribution in [-0.4, -0.2) is 27.9 Å². The standard InChI is InChI=1S/C27H36N4O4S3/c1-19(17-22-11-5-4-6-12-22)28-18-23-13-7-8-14-24(23)30-37(32,33)26-16-10-9-15-25(26)31-38(34,35)27-20(2)29-21(3)36-27/h7-10,13-16,19,22,28,30-31H,4-6,11-12,17-18H2,1-3H3/t19-/m0/s1. The Hall–Kier alpha value is -2.47. The van der Waals surface area contributed by atoms with Crippen LogP contribution < -0.4 is 14.8 Å². The molecule has 1 saturated carbocycles. The lowest BCUT2D eigenvalue weighted by atomic mass is 9.85. The van der Waals surface area contributed by atoms with Gasteiger partial charge in [-0.3, -0.25) is 9.44 Å². The number of thiazole rings is 1. The lowest BCUT2D eigenvalue weighted by Crippen LogP contribution is -2.29. The third-order valence-electron chi connectivity index (χ3n) is 6.84. The van der Waals surface area contributed by atoms with Gasteiger partial charge in [0.05, 0.1) is 22.1 Å². The molecule has 0 aliphatic heterocycles. The van der Waals surface area contributed by atoms with Gasteiger partial charge in [0.15, 0.2) is 4.21 Å². The summed E-state index contributed by atoms with van der Waals surface area (Å²) in [6.45, 7) is 6.03. The number of rotatable bonds is 11. The predicted octanol–water partition coefficient (Wildman–Crippen LogP) is 5.81. The third kappa shape index (κ3) is 7.13. The van der Waals surface area contributed by atoms with Crippen LogP contribution in [0.15, 0.2) is 57.6 Å². The van der Waals surface area contributed by atoms with Crippen molar-refractivity contribution in [3.05, 3.63) is 64.8 Å². The fourth-order valence-electron chi connectivity index (χ4n) is 5.00.